The summed E-state index contributed by atoms with van der Waals surface area (Å²) in [5.74, 6) is 1.73. The van der Waals surface area contributed by atoms with Gasteiger partial charge in [-0.05, 0) is 31.4 Å². The Kier molecular flexibility index (Phi) is 3.81. The second-order valence-corrected chi connectivity index (χ2v) is 5.06. The monoisotopic (exact) mass is 269 g/mol. The molecule has 0 spiro atoms. The minimum absolute atomic E-state index is 0.411. The summed E-state index contributed by atoms with van der Waals surface area (Å²) in [7, 11) is 0. The smallest absolute Gasteiger partial charge is 0.145 e. The van der Waals surface area contributed by atoms with Crippen LogP contribution in [0.15, 0.2) is 36.7 Å². The number of aromatic nitrogens is 2. The number of hydrogen-bond donors (Lipinski definition) is 1. The molecule has 4 nitrogen and oxygen atoms in total. The lowest BCUT2D eigenvalue weighted by Gasteiger charge is -2.08. The standard InChI is InChI=1S/C16H19N3O/c1-2-8-18-16-11-17-10-15(19-16)12-4-3-5-14(9-12)20-13-6-7-13/h3-5,9-11,13H,2,6-8H2,1H3,(H,18,19). The summed E-state index contributed by atoms with van der Waals surface area (Å²) in [6.45, 7) is 3.03. The second-order valence-electron chi connectivity index (χ2n) is 5.06. The van der Waals surface area contributed by atoms with Crippen LogP contribution >= 0.6 is 0 Å². The maximum Gasteiger partial charge on any atom is 0.145 e. The predicted octanol–water partition coefficient (Wildman–Crippen LogP) is 3.51. The van der Waals surface area contributed by atoms with E-state index in [2.05, 4.69) is 22.2 Å². The van der Waals surface area contributed by atoms with E-state index in [0.29, 0.717) is 6.10 Å². The lowest BCUT2D eigenvalue weighted by atomic mass is 10.1. The minimum atomic E-state index is 0.411. The van der Waals surface area contributed by atoms with Crippen LogP contribution in [-0.4, -0.2) is 22.6 Å². The topological polar surface area (TPSA) is 47.0 Å². The van der Waals surface area contributed by atoms with Crippen LogP contribution in [-0.2, 0) is 0 Å². The molecule has 0 radical (unpaired) electrons. The van der Waals surface area contributed by atoms with Crippen LogP contribution in [0.2, 0.25) is 0 Å². The summed E-state index contributed by atoms with van der Waals surface area (Å²) >= 11 is 0. The zero-order valence-electron chi connectivity index (χ0n) is 11.7. The van der Waals surface area contributed by atoms with Gasteiger partial charge in [-0.15, -0.1) is 0 Å². The van der Waals surface area contributed by atoms with E-state index in [9.17, 15) is 0 Å². The Labute approximate surface area is 119 Å². The van der Waals surface area contributed by atoms with Crippen molar-refractivity contribution in [2.24, 2.45) is 0 Å². The van der Waals surface area contributed by atoms with Gasteiger partial charge in [-0.3, -0.25) is 4.98 Å². The Morgan fingerprint density at radius 2 is 2.20 bits per heavy atom. The zero-order chi connectivity index (χ0) is 13.8. The van der Waals surface area contributed by atoms with Gasteiger partial charge in [-0.25, -0.2) is 4.98 Å². The fourth-order valence-corrected chi connectivity index (χ4v) is 1.95. The van der Waals surface area contributed by atoms with Crippen molar-refractivity contribution < 1.29 is 4.74 Å². The lowest BCUT2D eigenvalue weighted by molar-refractivity contribution is 0.303. The molecule has 20 heavy (non-hydrogen) atoms. The summed E-state index contributed by atoms with van der Waals surface area (Å²) in [6.07, 6.45) is 7.35. The first-order chi connectivity index (χ1) is 9.85. The van der Waals surface area contributed by atoms with Gasteiger partial charge in [0.1, 0.15) is 11.6 Å². The molecule has 1 N–H and O–H groups in total. The summed E-state index contributed by atoms with van der Waals surface area (Å²) in [4.78, 5) is 8.84. The molecular formula is C16H19N3O. The molecule has 104 valence electrons. The first-order valence-corrected chi connectivity index (χ1v) is 7.18. The molecule has 0 amide bonds. The molecule has 1 saturated carbocycles. The summed E-state index contributed by atoms with van der Waals surface area (Å²) in [6, 6.07) is 8.06. The van der Waals surface area contributed by atoms with Crippen LogP contribution in [0.25, 0.3) is 11.3 Å². The molecule has 0 atom stereocenters. The molecule has 0 unspecified atom stereocenters. The quantitative estimate of drug-likeness (QED) is 0.871. The van der Waals surface area contributed by atoms with Crippen molar-refractivity contribution in [3.63, 3.8) is 0 Å². The molecular weight excluding hydrogens is 250 g/mol. The summed E-state index contributed by atoms with van der Waals surface area (Å²) in [5, 5.41) is 3.26. The average molecular weight is 269 g/mol. The Bertz CT molecular complexity index is 581. The van der Waals surface area contributed by atoms with E-state index < -0.39 is 0 Å². The van der Waals surface area contributed by atoms with Gasteiger partial charge in [0, 0.05) is 12.1 Å². The molecule has 0 aliphatic heterocycles. The van der Waals surface area contributed by atoms with Crippen molar-refractivity contribution in [1.82, 2.24) is 9.97 Å². The number of anilines is 1. The third-order valence-corrected chi connectivity index (χ3v) is 3.15. The minimum Gasteiger partial charge on any atom is -0.490 e. The molecule has 1 heterocycles. The van der Waals surface area contributed by atoms with Gasteiger partial charge in [0.05, 0.1) is 24.2 Å². The Hall–Kier alpha value is -2.10. The maximum absolute atomic E-state index is 5.82. The molecule has 1 aromatic carbocycles. The average Bonchev–Trinajstić information content (AvgIpc) is 3.30. The first kappa shape index (κ1) is 12.9. The van der Waals surface area contributed by atoms with Crippen molar-refractivity contribution in [1.29, 1.82) is 0 Å². The molecule has 0 bridgehead atoms. The number of hydrogen-bond acceptors (Lipinski definition) is 4. The fourth-order valence-electron chi connectivity index (χ4n) is 1.95. The Balaban J connectivity index is 1.80. The van der Waals surface area contributed by atoms with Crippen LogP contribution in [0.3, 0.4) is 0 Å². The highest BCUT2D eigenvalue weighted by Crippen LogP contribution is 2.29. The van der Waals surface area contributed by atoms with E-state index in [1.165, 1.54) is 12.8 Å². The van der Waals surface area contributed by atoms with E-state index in [-0.39, 0.29) is 0 Å². The van der Waals surface area contributed by atoms with E-state index in [1.807, 2.05) is 24.3 Å². The largest absolute Gasteiger partial charge is 0.490 e. The van der Waals surface area contributed by atoms with Crippen LogP contribution in [0, 0.1) is 0 Å². The Morgan fingerprint density at radius 3 is 3.00 bits per heavy atom. The predicted molar refractivity (Wildman–Crippen MR) is 79.9 cm³/mol. The van der Waals surface area contributed by atoms with Crippen LogP contribution in [0.5, 0.6) is 5.75 Å². The van der Waals surface area contributed by atoms with E-state index >= 15 is 0 Å². The molecule has 2 aromatic rings. The van der Waals surface area contributed by atoms with Gasteiger partial charge >= 0.3 is 0 Å². The van der Waals surface area contributed by atoms with Gasteiger partial charge in [0.15, 0.2) is 0 Å². The highest BCUT2D eigenvalue weighted by Gasteiger charge is 2.23. The van der Waals surface area contributed by atoms with E-state index in [0.717, 1.165) is 35.8 Å². The maximum atomic E-state index is 5.82. The van der Waals surface area contributed by atoms with Crippen molar-refractivity contribution in [3.05, 3.63) is 36.7 Å². The molecule has 3 rings (SSSR count). The van der Waals surface area contributed by atoms with Crippen molar-refractivity contribution in [2.75, 3.05) is 11.9 Å². The van der Waals surface area contributed by atoms with Crippen LogP contribution in [0.4, 0.5) is 5.82 Å². The molecule has 1 aromatic heterocycles. The molecule has 0 saturated heterocycles. The number of benzene rings is 1. The Morgan fingerprint density at radius 1 is 1.30 bits per heavy atom. The van der Waals surface area contributed by atoms with Gasteiger partial charge in [0.2, 0.25) is 0 Å². The molecule has 1 aliphatic carbocycles. The van der Waals surface area contributed by atoms with Gasteiger partial charge in [-0.1, -0.05) is 19.1 Å². The molecule has 4 heteroatoms. The first-order valence-electron chi connectivity index (χ1n) is 7.18. The fraction of sp³-hybridized carbons (Fsp3) is 0.375. The molecule has 1 aliphatic rings. The van der Waals surface area contributed by atoms with Crippen LogP contribution < -0.4 is 10.1 Å². The van der Waals surface area contributed by atoms with E-state index in [1.54, 1.807) is 12.4 Å². The van der Waals surface area contributed by atoms with Gasteiger partial charge in [0.25, 0.3) is 0 Å². The highest BCUT2D eigenvalue weighted by molar-refractivity contribution is 5.61. The lowest BCUT2D eigenvalue weighted by Crippen LogP contribution is -2.03. The third kappa shape index (κ3) is 3.26. The SMILES string of the molecule is CCCNc1cncc(-c2cccc(OC3CC3)c2)n1. The zero-order valence-corrected chi connectivity index (χ0v) is 11.7. The van der Waals surface area contributed by atoms with Crippen molar-refractivity contribution >= 4 is 5.82 Å². The van der Waals surface area contributed by atoms with Crippen molar-refractivity contribution in [3.8, 4) is 17.0 Å². The number of nitrogens with one attached hydrogen (secondary N) is 1. The van der Waals surface area contributed by atoms with Crippen LogP contribution in [0.1, 0.15) is 26.2 Å². The van der Waals surface area contributed by atoms with Crippen molar-refractivity contribution in [2.45, 2.75) is 32.3 Å². The summed E-state index contributed by atoms with van der Waals surface area (Å²) < 4.78 is 5.82. The number of ether oxygens (including phenoxy) is 1. The molecule has 1 fully saturated rings. The van der Waals surface area contributed by atoms with Gasteiger partial charge < -0.3 is 10.1 Å². The third-order valence-electron chi connectivity index (χ3n) is 3.15. The number of nitrogens with zero attached hydrogens (tertiary/aromatic N) is 2. The normalized spacial score (nSPS) is 14.1. The van der Waals surface area contributed by atoms with Gasteiger partial charge in [-0.2, -0.15) is 0 Å². The second kappa shape index (κ2) is 5.90. The number of rotatable bonds is 6. The summed E-state index contributed by atoms with van der Waals surface area (Å²) in [5.41, 5.74) is 1.91. The highest BCUT2D eigenvalue weighted by atomic mass is 16.5. The van der Waals surface area contributed by atoms with E-state index in [4.69, 9.17) is 4.74 Å².